The van der Waals surface area contributed by atoms with Gasteiger partial charge in [0.2, 0.25) is 65.1 Å². The van der Waals surface area contributed by atoms with E-state index in [1.54, 1.807) is 7.05 Å². The third-order valence-corrected chi connectivity index (χ3v) is 24.7. The molecule has 20 N–H and O–H groups in total. The summed E-state index contributed by atoms with van der Waals surface area (Å²) in [5, 5.41) is 120. The second-order valence-electron chi connectivity index (χ2n) is 31.4. The average molecular weight is 1640 g/mol. The van der Waals surface area contributed by atoms with E-state index in [-0.39, 0.29) is 109 Å². The normalized spacial score (nSPS) is 28.7. The first-order valence-electron chi connectivity index (χ1n) is 38.3. The zero-order chi connectivity index (χ0) is 82.8. The Morgan fingerprint density at radius 3 is 1.96 bits per heavy atom. The molecule has 6 heterocycles. The number of aromatic hydroxyl groups is 1. The molecule has 36 heteroatoms. The zero-order valence-electron chi connectivity index (χ0n) is 63.5. The van der Waals surface area contributed by atoms with E-state index in [2.05, 4.69) is 47.9 Å². The fourth-order valence-corrected chi connectivity index (χ4v) is 18.6. The van der Waals surface area contributed by atoms with E-state index in [4.69, 9.17) is 41.0 Å². The number of fused-ring (bicyclic) bond motifs is 12. The number of carbonyl (C=O) groups is 8. The fraction of sp³-hybridized carbons (Fsp3) is 0.450. The molecular weight excluding hydrogens is 1550 g/mol. The summed E-state index contributed by atoms with van der Waals surface area (Å²) < 4.78 is 61.8. The highest BCUT2D eigenvalue weighted by molar-refractivity contribution is 7.90. The highest BCUT2D eigenvalue weighted by Gasteiger charge is 2.52. The van der Waals surface area contributed by atoms with Crippen molar-refractivity contribution in [3.63, 3.8) is 0 Å². The summed E-state index contributed by atoms with van der Waals surface area (Å²) in [5.41, 5.74) is 4.17. The van der Waals surface area contributed by atoms with Crippen LogP contribution in [0.3, 0.4) is 0 Å². The number of hydrogen-bond acceptors (Lipinski definition) is 26. The Hall–Kier alpha value is -10.1. The number of aryl methyl sites for hydroxylation is 1. The number of halogens is 1. The number of carbonyl (C=O) groups excluding carboxylic acids is 8. The number of benzene rings is 6. The van der Waals surface area contributed by atoms with E-state index in [0.29, 0.717) is 18.4 Å². The maximum Gasteiger partial charge on any atom is 0.264 e. The summed E-state index contributed by atoms with van der Waals surface area (Å²) in [6.45, 7) is 5.32. The molecule has 116 heavy (non-hydrogen) atoms. The highest BCUT2D eigenvalue weighted by atomic mass is 35.5. The molecule has 6 aromatic rings. The Balaban J connectivity index is 0.954. The Morgan fingerprint density at radius 2 is 1.31 bits per heavy atom. The molecule has 0 radical (unpaired) electrons. The Kier molecular flexibility index (Phi) is 23.5. The third-order valence-electron chi connectivity index (χ3n) is 23.0. The Labute approximate surface area is 670 Å². The van der Waals surface area contributed by atoms with Crippen LogP contribution in [0.2, 0.25) is 5.02 Å². The van der Waals surface area contributed by atoms with Gasteiger partial charge >= 0.3 is 0 Å². The van der Waals surface area contributed by atoms with Gasteiger partial charge in [0.25, 0.3) is 10.0 Å². The minimum atomic E-state index is -4.88. The molecule has 0 unspecified atom stereocenters. The van der Waals surface area contributed by atoms with Crippen LogP contribution in [0, 0.1) is 36.5 Å². The molecule has 15 bridgehead atoms. The van der Waals surface area contributed by atoms with Gasteiger partial charge in [-0.15, -0.1) is 0 Å². The van der Waals surface area contributed by atoms with Crippen molar-refractivity contribution in [1.29, 1.82) is 0 Å². The lowest BCUT2D eigenvalue weighted by Crippen LogP contribution is -2.60. The molecule has 0 aromatic heterocycles. The first-order valence-corrected chi connectivity index (χ1v) is 40.1. The molecule has 618 valence electrons. The molecule has 6 aromatic carbocycles. The summed E-state index contributed by atoms with van der Waals surface area (Å²) in [6.07, 6.45) is -10.2. The first kappa shape index (κ1) is 82.4. The van der Waals surface area contributed by atoms with Crippen LogP contribution in [0.5, 0.6) is 40.2 Å². The van der Waals surface area contributed by atoms with Gasteiger partial charge in [0.05, 0.1) is 22.4 Å². The van der Waals surface area contributed by atoms with Gasteiger partial charge in [0, 0.05) is 30.3 Å². The molecule has 6 aliphatic heterocycles. The minimum absolute atomic E-state index is 0.0711. The quantitative estimate of drug-likeness (QED) is 0.0422. The maximum atomic E-state index is 16.5. The number of likely N-dealkylation sites (N-methyl/N-ethyl adjacent to an activating group) is 2. The van der Waals surface area contributed by atoms with Gasteiger partial charge in [-0.2, -0.15) is 0 Å². The van der Waals surface area contributed by atoms with Crippen molar-refractivity contribution in [3.8, 4) is 51.4 Å². The van der Waals surface area contributed by atoms with Crippen molar-refractivity contribution in [1.82, 2.24) is 52.6 Å². The average Bonchev–Trinajstić information content (AvgIpc) is 1.55. The number of phenolic OH excluding ortho intramolecular Hbond substituents is 1. The van der Waals surface area contributed by atoms with Crippen molar-refractivity contribution in [3.05, 3.63) is 153 Å². The van der Waals surface area contributed by atoms with Crippen LogP contribution in [0.25, 0.3) is 11.1 Å². The largest absolute Gasteiger partial charge is 0.508 e. The van der Waals surface area contributed by atoms with Gasteiger partial charge < -0.3 is 118 Å². The monoisotopic (exact) mass is 1640 g/mol. The van der Waals surface area contributed by atoms with E-state index in [1.807, 2.05) is 18.6 Å². The molecule has 1 saturated heterocycles. The zero-order valence-corrected chi connectivity index (χ0v) is 65.1. The first-order chi connectivity index (χ1) is 55.2. The number of ether oxygens (including phenoxy) is 5. The Bertz CT molecular complexity index is 4970. The molecule has 0 spiro atoms. The molecule has 5 fully saturated rings. The maximum absolute atomic E-state index is 16.5. The summed E-state index contributed by atoms with van der Waals surface area (Å²) >= 11 is 7.19. The predicted molar refractivity (Wildman–Crippen MR) is 410 cm³/mol. The fourth-order valence-electron chi connectivity index (χ4n) is 17.4. The molecule has 4 saturated carbocycles. The molecule has 34 nitrogen and oxygen atoms in total. The van der Waals surface area contributed by atoms with Crippen molar-refractivity contribution in [2.75, 3.05) is 33.8 Å². The number of phenols is 1. The molecule has 5 aliphatic carbocycles. The van der Waals surface area contributed by atoms with E-state index in [1.165, 1.54) is 74.6 Å². The molecular formula is C80H92ClN11O23S. The summed E-state index contributed by atoms with van der Waals surface area (Å²) in [5.74, 6) is -14.5. The lowest BCUT2D eigenvalue weighted by atomic mass is 9.54. The number of aliphatic hydroxyl groups is 7. The number of amides is 8. The van der Waals surface area contributed by atoms with Crippen LogP contribution in [0.15, 0.2) is 108 Å². The van der Waals surface area contributed by atoms with Crippen LogP contribution in [0.4, 0.5) is 0 Å². The lowest BCUT2D eigenvalue weighted by molar-refractivity contribution is -0.270. The highest BCUT2D eigenvalue weighted by Crippen LogP contribution is 2.56. The van der Waals surface area contributed by atoms with Crippen LogP contribution in [0.1, 0.15) is 134 Å². The van der Waals surface area contributed by atoms with E-state index >= 15 is 28.8 Å². The molecule has 11 aliphatic rings. The number of nitrogens with two attached hydrogens (primary N) is 1. The standard InChI is InChI=1S/C80H92ClN11O23S/c1-33(2)18-51(84-5)72(100)90-64-66(95)38-7-14-53(34(3)19-38)112-55-27-42-28-56(71(55)115-79-70(99)69(98)68(97)57(32-82)114-79)113-54-15-8-39(26-50(54)81)67(96)65-78(106)89-63(76(104)86-60-40-21-35-20-36(23-40)24-41(60)22-35)47-29-43(93)30-49-59(47)46-25-37(6-13-48(46)80(49,107)108)61(74(102)91-65)88-75(103)62(42)87-73(101)52(85-77(64)105)31-58(94)92-116(109,110)45-11-9-44(10-12-45)111-17-16-83-4/h6-15,19,25-30,33,35-36,40-41,51-52,57,60-70,79,83-84,93,95-99,107-108H,16-18,20-24,31-32,82H2,1-5H3,(H,85,105)(H,86,104)(H,87,101)(H,88,103)(H,89,106)(H,90,100)(H,91,102)(H,92,94)/t35?,36?,40?,41?,51-,52+,57-,60?,61-,62-,63+,64-,65+,66-,67-,68-,69+,70-,79+/m1/s1. The molecule has 14 atom stereocenters. The smallest absolute Gasteiger partial charge is 0.264 e. The lowest BCUT2D eigenvalue weighted by Gasteiger charge is -2.54. The van der Waals surface area contributed by atoms with Crippen molar-refractivity contribution >= 4 is 68.9 Å². The summed E-state index contributed by atoms with van der Waals surface area (Å²) in [4.78, 5) is 124. The number of nitrogens with one attached hydrogen (secondary N) is 10. The van der Waals surface area contributed by atoms with Crippen LogP contribution in [-0.2, 0) is 58.9 Å². The second-order valence-corrected chi connectivity index (χ2v) is 33.5. The predicted octanol–water partition coefficient (Wildman–Crippen LogP) is 1.05. The second kappa shape index (κ2) is 33.1. The van der Waals surface area contributed by atoms with Gasteiger partial charge in [-0.3, -0.25) is 38.4 Å². The topological polar surface area (TPSA) is 525 Å². The SMILES string of the molecule is CNCCOc1ccc(S(=O)(=O)NC(=O)C[C@@H]2NC(=O)[C@H](NC(=O)[C@@H](CC(C)C)NC)[C@H](O)c3ccc(c(C)c3)Oc3cc4cc(c3O[C@@H]3O[C@H](CN)[C@@H](O)[C@H](O)[C@H]3O)Oc3ccc(cc3Cl)[C@@H](O)[C@@H]3NC(=O)[C@H](NC(=O)[C@@H]4NC2=O)c2ccc4c(c2)-c2c(cc(O)cc2C4(O)O)[C@@H](C(=O)NC2C4CC5CC(C4)CC2C5)NC3=O)cc1. The van der Waals surface area contributed by atoms with Crippen LogP contribution >= 0.6 is 11.6 Å². The van der Waals surface area contributed by atoms with Crippen molar-refractivity contribution in [2.45, 2.75) is 168 Å². The minimum Gasteiger partial charge on any atom is -0.508 e. The summed E-state index contributed by atoms with van der Waals surface area (Å²) in [6, 6.07) is 5.98. The molecule has 17 rings (SSSR count). The third kappa shape index (κ3) is 16.4. The number of sulfonamides is 1. The van der Waals surface area contributed by atoms with Gasteiger partial charge in [0.15, 0.2) is 11.5 Å². The number of aliphatic hydroxyl groups excluding tert-OH is 5. The van der Waals surface area contributed by atoms with E-state index in [0.717, 1.165) is 74.6 Å². The summed E-state index contributed by atoms with van der Waals surface area (Å²) in [7, 11) is -1.70. The number of rotatable bonds is 18. The van der Waals surface area contributed by atoms with Crippen LogP contribution < -0.4 is 77.3 Å². The van der Waals surface area contributed by atoms with E-state index < -0.39 is 195 Å². The van der Waals surface area contributed by atoms with Crippen molar-refractivity contribution < 1.29 is 111 Å². The molecule has 8 amide bonds. The van der Waals surface area contributed by atoms with Gasteiger partial charge in [0.1, 0.15) is 102 Å². The van der Waals surface area contributed by atoms with Gasteiger partial charge in [-0.05, 0) is 213 Å². The number of hydrogen-bond donors (Lipinski definition) is 19. The van der Waals surface area contributed by atoms with Crippen molar-refractivity contribution in [2.24, 2.45) is 35.3 Å². The van der Waals surface area contributed by atoms with E-state index in [9.17, 15) is 58.9 Å². The van der Waals surface area contributed by atoms with Gasteiger partial charge in [-0.1, -0.05) is 49.7 Å². The van der Waals surface area contributed by atoms with Crippen LogP contribution in [-0.4, -0.2) is 191 Å². The Morgan fingerprint density at radius 1 is 0.672 bits per heavy atom. The van der Waals surface area contributed by atoms with Gasteiger partial charge in [-0.25, -0.2) is 13.1 Å².